The van der Waals surface area contributed by atoms with Crippen molar-refractivity contribution >= 4 is 28.3 Å². The number of carbonyl (C=O) groups excluding carboxylic acids is 1. The van der Waals surface area contributed by atoms with Crippen molar-refractivity contribution in [3.8, 4) is 11.4 Å². The quantitative estimate of drug-likeness (QED) is 0.742. The fourth-order valence-electron chi connectivity index (χ4n) is 2.09. The van der Waals surface area contributed by atoms with E-state index in [1.54, 1.807) is 23.3 Å². The third-order valence-electron chi connectivity index (χ3n) is 3.19. The number of rotatable bonds is 4. The molecule has 0 bridgehead atoms. The lowest BCUT2D eigenvalue weighted by molar-refractivity contribution is 0.0692. The van der Waals surface area contributed by atoms with Gasteiger partial charge in [-0.25, -0.2) is 9.78 Å². The predicted molar refractivity (Wildman–Crippen MR) is 82.4 cm³/mol. The van der Waals surface area contributed by atoms with Gasteiger partial charge in [-0.3, -0.25) is 19.5 Å². The van der Waals surface area contributed by atoms with E-state index in [1.165, 1.54) is 23.1 Å². The Bertz CT molecular complexity index is 893. The minimum Gasteiger partial charge on any atom is -0.478 e. The van der Waals surface area contributed by atoms with E-state index in [0.717, 1.165) is 11.9 Å². The number of anilines is 1. The summed E-state index contributed by atoms with van der Waals surface area (Å²) in [7, 11) is 3.30. The highest BCUT2D eigenvalue weighted by Crippen LogP contribution is 2.24. The second-order valence-corrected chi connectivity index (χ2v) is 5.53. The Morgan fingerprint density at radius 3 is 2.70 bits per heavy atom. The third-order valence-corrected chi connectivity index (χ3v) is 3.95. The van der Waals surface area contributed by atoms with E-state index < -0.39 is 11.9 Å². The Balaban J connectivity index is 1.85. The summed E-state index contributed by atoms with van der Waals surface area (Å²) in [5.74, 6) is -1.79. The van der Waals surface area contributed by atoms with Crippen LogP contribution in [0.5, 0.6) is 0 Å². The number of amides is 1. The van der Waals surface area contributed by atoms with E-state index in [1.807, 2.05) is 6.07 Å². The Morgan fingerprint density at radius 2 is 2.04 bits per heavy atom. The molecule has 2 N–H and O–H groups in total. The van der Waals surface area contributed by atoms with Crippen LogP contribution in [0.2, 0.25) is 0 Å². The first-order chi connectivity index (χ1) is 11.0. The summed E-state index contributed by atoms with van der Waals surface area (Å²) in [5.41, 5.74) is 1.30. The molecule has 0 saturated carbocycles. The predicted octanol–water partition coefficient (Wildman–Crippen LogP) is 1.23. The van der Waals surface area contributed by atoms with Crippen molar-refractivity contribution in [3.63, 3.8) is 0 Å². The van der Waals surface area contributed by atoms with Gasteiger partial charge in [-0.05, 0) is 6.07 Å². The Hall–Kier alpha value is -3.01. The number of carboxylic acid groups (broad SMARTS) is 1. The zero-order valence-corrected chi connectivity index (χ0v) is 13.0. The lowest BCUT2D eigenvalue weighted by Crippen LogP contribution is -2.19. The second-order valence-electron chi connectivity index (χ2n) is 4.67. The molecular weight excluding hydrogens is 320 g/mol. The number of carboxylic acids is 1. The van der Waals surface area contributed by atoms with Gasteiger partial charge in [0.15, 0.2) is 5.13 Å². The van der Waals surface area contributed by atoms with Gasteiger partial charge in [-0.2, -0.15) is 10.2 Å². The van der Waals surface area contributed by atoms with Crippen molar-refractivity contribution in [3.05, 3.63) is 35.1 Å². The van der Waals surface area contributed by atoms with Crippen LogP contribution in [-0.2, 0) is 14.1 Å². The summed E-state index contributed by atoms with van der Waals surface area (Å²) in [5, 5.41) is 21.7. The Kier molecular flexibility index (Phi) is 3.66. The number of hydrogen-bond donors (Lipinski definition) is 2. The summed E-state index contributed by atoms with van der Waals surface area (Å²) in [4.78, 5) is 27.7. The van der Waals surface area contributed by atoms with E-state index in [0.29, 0.717) is 10.8 Å². The fraction of sp³-hybridized carbons (Fsp3) is 0.154. The number of hydrogen-bond acceptors (Lipinski definition) is 6. The van der Waals surface area contributed by atoms with Crippen LogP contribution in [-0.4, -0.2) is 41.5 Å². The molecule has 3 rings (SSSR count). The molecular formula is C13H12N6O3S. The standard InChI is InChI=1S/C13H12N6O3S/c1-18-9(3-4-14-18)8-6-23-13(16-8)17-11(20)10-7(12(21)22)5-15-19(10)2/h3-6H,1-2H3,(H,21,22)(H,16,17,20). The molecule has 0 aliphatic heterocycles. The van der Waals surface area contributed by atoms with Crippen molar-refractivity contribution in [2.24, 2.45) is 14.1 Å². The molecule has 10 heteroatoms. The summed E-state index contributed by atoms with van der Waals surface area (Å²) in [6.45, 7) is 0. The Morgan fingerprint density at radius 1 is 1.26 bits per heavy atom. The van der Waals surface area contributed by atoms with Gasteiger partial charge in [0, 0.05) is 25.7 Å². The lowest BCUT2D eigenvalue weighted by Gasteiger charge is -2.03. The van der Waals surface area contributed by atoms with E-state index in [-0.39, 0.29) is 11.3 Å². The maximum Gasteiger partial charge on any atom is 0.339 e. The fourth-order valence-corrected chi connectivity index (χ4v) is 2.79. The van der Waals surface area contributed by atoms with Crippen molar-refractivity contribution in [2.45, 2.75) is 0 Å². The normalized spacial score (nSPS) is 10.7. The highest BCUT2D eigenvalue weighted by Gasteiger charge is 2.22. The minimum atomic E-state index is -1.21. The molecule has 0 saturated heterocycles. The first-order valence-corrected chi connectivity index (χ1v) is 7.36. The molecule has 3 aromatic rings. The largest absolute Gasteiger partial charge is 0.478 e. The molecule has 1 amide bonds. The molecule has 118 valence electrons. The highest BCUT2D eigenvalue weighted by atomic mass is 32.1. The number of nitrogens with zero attached hydrogens (tertiary/aromatic N) is 5. The zero-order valence-electron chi connectivity index (χ0n) is 12.2. The number of aromatic nitrogens is 5. The highest BCUT2D eigenvalue weighted by molar-refractivity contribution is 7.14. The summed E-state index contributed by atoms with van der Waals surface area (Å²) >= 11 is 1.24. The molecule has 3 heterocycles. The zero-order chi connectivity index (χ0) is 16.6. The van der Waals surface area contributed by atoms with Crippen LogP contribution in [0.3, 0.4) is 0 Å². The van der Waals surface area contributed by atoms with Crippen molar-refractivity contribution in [1.29, 1.82) is 0 Å². The SMILES string of the molecule is Cn1nccc1-c1csc(NC(=O)c2c(C(=O)O)cnn2C)n1. The van der Waals surface area contributed by atoms with Crippen LogP contribution >= 0.6 is 11.3 Å². The first kappa shape index (κ1) is 14.9. The van der Waals surface area contributed by atoms with Gasteiger partial charge >= 0.3 is 5.97 Å². The molecule has 0 spiro atoms. The second kappa shape index (κ2) is 5.65. The molecule has 0 fully saturated rings. The van der Waals surface area contributed by atoms with Crippen LogP contribution in [0, 0.1) is 0 Å². The van der Waals surface area contributed by atoms with Crippen LogP contribution in [0.4, 0.5) is 5.13 Å². The van der Waals surface area contributed by atoms with Gasteiger partial charge in [-0.15, -0.1) is 11.3 Å². The average molecular weight is 332 g/mol. The van der Waals surface area contributed by atoms with Gasteiger partial charge in [0.2, 0.25) is 0 Å². The van der Waals surface area contributed by atoms with E-state index >= 15 is 0 Å². The van der Waals surface area contributed by atoms with Crippen molar-refractivity contribution in [1.82, 2.24) is 24.5 Å². The van der Waals surface area contributed by atoms with E-state index in [9.17, 15) is 9.59 Å². The van der Waals surface area contributed by atoms with Crippen LogP contribution in [0.15, 0.2) is 23.8 Å². The molecule has 0 aromatic carbocycles. The number of aryl methyl sites for hydroxylation is 2. The van der Waals surface area contributed by atoms with Crippen molar-refractivity contribution in [2.75, 3.05) is 5.32 Å². The molecule has 0 aliphatic rings. The topological polar surface area (TPSA) is 115 Å². The van der Waals surface area contributed by atoms with Gasteiger partial charge in [0.25, 0.3) is 5.91 Å². The summed E-state index contributed by atoms with van der Waals surface area (Å²) in [6.07, 6.45) is 2.79. The van der Waals surface area contributed by atoms with Gasteiger partial charge in [0.1, 0.15) is 17.0 Å². The number of nitrogens with one attached hydrogen (secondary N) is 1. The maximum atomic E-state index is 12.3. The van der Waals surface area contributed by atoms with Crippen LogP contribution in [0.25, 0.3) is 11.4 Å². The van der Waals surface area contributed by atoms with Gasteiger partial charge in [-0.1, -0.05) is 0 Å². The van der Waals surface area contributed by atoms with E-state index in [4.69, 9.17) is 5.11 Å². The van der Waals surface area contributed by atoms with Gasteiger partial charge in [0.05, 0.1) is 11.9 Å². The van der Waals surface area contributed by atoms with E-state index in [2.05, 4.69) is 20.5 Å². The summed E-state index contributed by atoms with van der Waals surface area (Å²) in [6, 6.07) is 1.81. The first-order valence-electron chi connectivity index (χ1n) is 6.48. The van der Waals surface area contributed by atoms with Gasteiger partial charge < -0.3 is 5.11 Å². The molecule has 0 radical (unpaired) electrons. The molecule has 0 unspecified atom stereocenters. The maximum absolute atomic E-state index is 12.3. The average Bonchev–Trinajstić information content (AvgIpc) is 3.18. The Labute approximate surface area is 134 Å². The lowest BCUT2D eigenvalue weighted by atomic mass is 10.2. The number of carbonyl (C=O) groups is 2. The number of aromatic carboxylic acids is 1. The minimum absolute atomic E-state index is 0.0326. The smallest absolute Gasteiger partial charge is 0.339 e. The molecule has 0 atom stereocenters. The molecule has 3 aromatic heterocycles. The number of thiazole rings is 1. The van der Waals surface area contributed by atoms with Crippen LogP contribution in [0.1, 0.15) is 20.8 Å². The summed E-state index contributed by atoms with van der Waals surface area (Å²) < 4.78 is 2.89. The molecule has 23 heavy (non-hydrogen) atoms. The third kappa shape index (κ3) is 2.71. The molecule has 0 aliphatic carbocycles. The van der Waals surface area contributed by atoms with Crippen LogP contribution < -0.4 is 5.32 Å². The molecule has 9 nitrogen and oxygen atoms in total. The monoisotopic (exact) mass is 332 g/mol. The van der Waals surface area contributed by atoms with Crippen molar-refractivity contribution < 1.29 is 14.7 Å².